The Labute approximate surface area is 127 Å². The second-order valence-corrected chi connectivity index (χ2v) is 5.33. The second kappa shape index (κ2) is 6.01. The fourth-order valence-corrected chi connectivity index (χ4v) is 2.68. The van der Waals surface area contributed by atoms with Crippen LogP contribution in [0.1, 0.15) is 28.2 Å². The van der Waals surface area contributed by atoms with Crippen molar-refractivity contribution in [3.63, 3.8) is 0 Å². The molecule has 1 unspecified atom stereocenters. The molecular formula is C16H17N3O3. The quantitative estimate of drug-likeness (QED) is 0.848. The molecule has 6 nitrogen and oxygen atoms in total. The van der Waals surface area contributed by atoms with Crippen molar-refractivity contribution in [3.05, 3.63) is 47.5 Å². The molecule has 1 atom stereocenters. The number of fused-ring (bicyclic) bond motifs is 1. The summed E-state index contributed by atoms with van der Waals surface area (Å²) in [6, 6.07) is 6.67. The van der Waals surface area contributed by atoms with Crippen LogP contribution >= 0.6 is 0 Å². The largest absolute Gasteiger partial charge is 0.465 e. The second-order valence-electron chi connectivity index (χ2n) is 5.33. The standard InChI is InChI=1S/C16H17N3O3/c1-22-16(21)10-2-5-12(6-3-10)19-15(20)11-4-7-13-14(8-11)18-9-17-13/h2-3,5-6,9,11H,4,7-8H2,1H3,(H,17,18)(H,19,20). The zero-order valence-electron chi connectivity index (χ0n) is 12.3. The van der Waals surface area contributed by atoms with Crippen LogP contribution in [-0.4, -0.2) is 29.0 Å². The molecule has 1 aromatic heterocycles. The smallest absolute Gasteiger partial charge is 0.337 e. The van der Waals surface area contributed by atoms with Crippen LogP contribution in [0.5, 0.6) is 0 Å². The molecule has 0 fully saturated rings. The number of aryl methyl sites for hydroxylation is 1. The normalized spacial score (nSPS) is 16.7. The van der Waals surface area contributed by atoms with Gasteiger partial charge in [0.2, 0.25) is 5.91 Å². The Kier molecular flexibility index (Phi) is 3.91. The van der Waals surface area contributed by atoms with E-state index in [4.69, 9.17) is 0 Å². The maximum absolute atomic E-state index is 12.3. The molecule has 114 valence electrons. The third kappa shape index (κ3) is 2.86. The summed E-state index contributed by atoms with van der Waals surface area (Å²) < 4.78 is 4.64. The molecule has 0 saturated carbocycles. The number of aromatic nitrogens is 2. The van der Waals surface area contributed by atoms with E-state index in [1.165, 1.54) is 7.11 Å². The Morgan fingerprint density at radius 2 is 2.09 bits per heavy atom. The van der Waals surface area contributed by atoms with Crippen LogP contribution < -0.4 is 5.32 Å². The summed E-state index contributed by atoms with van der Waals surface area (Å²) in [5.41, 5.74) is 3.24. The third-order valence-electron chi connectivity index (χ3n) is 3.93. The Morgan fingerprint density at radius 1 is 1.32 bits per heavy atom. The van der Waals surface area contributed by atoms with Crippen LogP contribution in [0, 0.1) is 5.92 Å². The molecule has 1 aliphatic rings. The highest BCUT2D eigenvalue weighted by molar-refractivity contribution is 5.94. The maximum Gasteiger partial charge on any atom is 0.337 e. The first-order valence-corrected chi connectivity index (χ1v) is 7.17. The molecule has 3 rings (SSSR count). The van der Waals surface area contributed by atoms with Gasteiger partial charge in [0.05, 0.1) is 24.7 Å². The number of hydrogen-bond donors (Lipinski definition) is 2. The van der Waals surface area contributed by atoms with Crippen molar-refractivity contribution in [2.75, 3.05) is 12.4 Å². The molecule has 1 aromatic carbocycles. The van der Waals surface area contributed by atoms with E-state index in [9.17, 15) is 9.59 Å². The van der Waals surface area contributed by atoms with Crippen molar-refractivity contribution in [1.82, 2.24) is 9.97 Å². The van der Waals surface area contributed by atoms with E-state index in [0.29, 0.717) is 17.7 Å². The number of nitrogens with zero attached hydrogens (tertiary/aromatic N) is 1. The summed E-state index contributed by atoms with van der Waals surface area (Å²) in [5, 5.41) is 2.89. The van der Waals surface area contributed by atoms with Crippen LogP contribution in [0.3, 0.4) is 0 Å². The van der Waals surface area contributed by atoms with Crippen LogP contribution in [0.4, 0.5) is 5.69 Å². The van der Waals surface area contributed by atoms with E-state index >= 15 is 0 Å². The Morgan fingerprint density at radius 3 is 2.82 bits per heavy atom. The summed E-state index contributed by atoms with van der Waals surface area (Å²) in [7, 11) is 1.34. The highest BCUT2D eigenvalue weighted by atomic mass is 16.5. The number of imidazole rings is 1. The SMILES string of the molecule is COC(=O)c1ccc(NC(=O)C2CCc3nc[nH]c3C2)cc1. The van der Waals surface area contributed by atoms with Gasteiger partial charge in [-0.25, -0.2) is 9.78 Å². The highest BCUT2D eigenvalue weighted by Crippen LogP contribution is 2.24. The number of aromatic amines is 1. The van der Waals surface area contributed by atoms with E-state index in [0.717, 1.165) is 24.2 Å². The van der Waals surface area contributed by atoms with Gasteiger partial charge in [-0.1, -0.05) is 0 Å². The lowest BCUT2D eigenvalue weighted by atomic mass is 9.89. The minimum atomic E-state index is -0.392. The highest BCUT2D eigenvalue weighted by Gasteiger charge is 2.26. The van der Waals surface area contributed by atoms with Gasteiger partial charge in [-0.3, -0.25) is 4.79 Å². The Bertz CT molecular complexity index is 691. The van der Waals surface area contributed by atoms with Crippen molar-refractivity contribution in [2.24, 2.45) is 5.92 Å². The fraction of sp³-hybridized carbons (Fsp3) is 0.312. The number of anilines is 1. The molecule has 1 heterocycles. The Balaban J connectivity index is 1.64. The number of hydrogen-bond acceptors (Lipinski definition) is 4. The number of amides is 1. The molecular weight excluding hydrogens is 282 g/mol. The number of methoxy groups -OCH3 is 1. The summed E-state index contributed by atoms with van der Waals surface area (Å²) in [5.74, 6) is -0.462. The molecule has 0 saturated heterocycles. The molecule has 0 radical (unpaired) electrons. The average molecular weight is 299 g/mol. The molecule has 0 bridgehead atoms. The third-order valence-corrected chi connectivity index (χ3v) is 3.93. The van der Waals surface area contributed by atoms with E-state index < -0.39 is 5.97 Å². The fourth-order valence-electron chi connectivity index (χ4n) is 2.68. The van der Waals surface area contributed by atoms with Gasteiger partial charge in [0, 0.05) is 23.7 Å². The maximum atomic E-state index is 12.3. The van der Waals surface area contributed by atoms with Crippen LogP contribution in [0.15, 0.2) is 30.6 Å². The van der Waals surface area contributed by atoms with Gasteiger partial charge in [-0.05, 0) is 37.1 Å². The molecule has 1 aliphatic carbocycles. The molecule has 1 amide bonds. The zero-order valence-corrected chi connectivity index (χ0v) is 12.3. The van der Waals surface area contributed by atoms with Crippen molar-refractivity contribution in [2.45, 2.75) is 19.3 Å². The van der Waals surface area contributed by atoms with Gasteiger partial charge in [0.15, 0.2) is 0 Å². The number of benzene rings is 1. The predicted molar refractivity (Wildman–Crippen MR) is 80.5 cm³/mol. The molecule has 6 heteroatoms. The van der Waals surface area contributed by atoms with Crippen LogP contribution in [0.2, 0.25) is 0 Å². The zero-order chi connectivity index (χ0) is 15.5. The lowest BCUT2D eigenvalue weighted by molar-refractivity contribution is -0.120. The van der Waals surface area contributed by atoms with E-state index in [1.807, 2.05) is 0 Å². The molecule has 2 aromatic rings. The van der Waals surface area contributed by atoms with Crippen molar-refractivity contribution >= 4 is 17.6 Å². The van der Waals surface area contributed by atoms with Crippen LogP contribution in [0.25, 0.3) is 0 Å². The molecule has 22 heavy (non-hydrogen) atoms. The number of H-pyrrole nitrogens is 1. The molecule has 0 aliphatic heterocycles. The van der Waals surface area contributed by atoms with Gasteiger partial charge in [-0.2, -0.15) is 0 Å². The van der Waals surface area contributed by atoms with Gasteiger partial charge in [0.1, 0.15) is 0 Å². The lowest BCUT2D eigenvalue weighted by Gasteiger charge is -2.20. The van der Waals surface area contributed by atoms with Gasteiger partial charge >= 0.3 is 5.97 Å². The van der Waals surface area contributed by atoms with Crippen molar-refractivity contribution in [3.8, 4) is 0 Å². The summed E-state index contributed by atoms with van der Waals surface area (Å²) in [6.45, 7) is 0. The summed E-state index contributed by atoms with van der Waals surface area (Å²) in [6.07, 6.45) is 3.97. The summed E-state index contributed by atoms with van der Waals surface area (Å²) >= 11 is 0. The number of ether oxygens (including phenoxy) is 1. The van der Waals surface area contributed by atoms with Gasteiger partial charge in [-0.15, -0.1) is 0 Å². The van der Waals surface area contributed by atoms with Crippen molar-refractivity contribution < 1.29 is 14.3 Å². The average Bonchev–Trinajstić information content (AvgIpc) is 3.02. The van der Waals surface area contributed by atoms with E-state index in [1.54, 1.807) is 30.6 Å². The number of rotatable bonds is 3. The monoisotopic (exact) mass is 299 g/mol. The van der Waals surface area contributed by atoms with E-state index in [2.05, 4.69) is 20.0 Å². The van der Waals surface area contributed by atoms with Gasteiger partial charge < -0.3 is 15.0 Å². The van der Waals surface area contributed by atoms with Crippen molar-refractivity contribution in [1.29, 1.82) is 0 Å². The van der Waals surface area contributed by atoms with Crippen LogP contribution in [-0.2, 0) is 22.4 Å². The first-order chi connectivity index (χ1) is 10.7. The minimum absolute atomic E-state index is 0.00827. The van der Waals surface area contributed by atoms with E-state index in [-0.39, 0.29) is 11.8 Å². The number of nitrogens with one attached hydrogen (secondary N) is 2. The topological polar surface area (TPSA) is 84.1 Å². The predicted octanol–water partition coefficient (Wildman–Crippen LogP) is 1.94. The number of esters is 1. The summed E-state index contributed by atoms with van der Waals surface area (Å²) in [4.78, 5) is 31.0. The van der Waals surface area contributed by atoms with Gasteiger partial charge in [0.25, 0.3) is 0 Å². The molecule has 0 spiro atoms. The number of carbonyl (C=O) groups excluding carboxylic acids is 2. The lowest BCUT2D eigenvalue weighted by Crippen LogP contribution is -2.28. The molecule has 2 N–H and O–H groups in total. The first-order valence-electron chi connectivity index (χ1n) is 7.17. The Hall–Kier alpha value is -2.63. The minimum Gasteiger partial charge on any atom is -0.465 e. The number of carbonyl (C=O) groups is 2. The first kappa shape index (κ1) is 14.3.